The number of aliphatic hydroxyl groups excluding tert-OH is 1. The van der Waals surface area contributed by atoms with E-state index in [-0.39, 0.29) is 30.5 Å². The number of nitrogens with zero attached hydrogens (tertiary/aromatic N) is 3. The van der Waals surface area contributed by atoms with Crippen LogP contribution in [0, 0.1) is 11.8 Å². The predicted molar refractivity (Wildman–Crippen MR) is 137 cm³/mol. The summed E-state index contributed by atoms with van der Waals surface area (Å²) < 4.78 is 0. The second kappa shape index (κ2) is 10.9. The van der Waals surface area contributed by atoms with E-state index in [1.165, 1.54) is 5.56 Å². The number of aliphatic hydroxyl groups is 1. The molecule has 5 rings (SSSR count). The van der Waals surface area contributed by atoms with E-state index >= 15 is 0 Å². The first-order chi connectivity index (χ1) is 17.2. The first kappa shape index (κ1) is 23.3. The van der Waals surface area contributed by atoms with Crippen molar-refractivity contribution in [1.29, 1.82) is 0 Å². The topological polar surface area (TPSA) is 56.7 Å². The molecule has 3 heterocycles. The molecule has 0 spiro atoms. The molecule has 1 amide bonds. The highest BCUT2D eigenvalue weighted by Gasteiger charge is 2.49. The van der Waals surface area contributed by atoms with Crippen molar-refractivity contribution in [3.63, 3.8) is 0 Å². The number of hydrogen-bond donors (Lipinski definition) is 1. The lowest BCUT2D eigenvalue weighted by Gasteiger charge is -2.57. The monoisotopic (exact) mass is 465 g/mol. The van der Waals surface area contributed by atoms with Gasteiger partial charge in [-0.1, -0.05) is 48.2 Å². The average molecular weight is 466 g/mol. The van der Waals surface area contributed by atoms with Gasteiger partial charge in [-0.2, -0.15) is 0 Å². The smallest absolute Gasteiger partial charge is 0.228 e. The Morgan fingerprint density at radius 2 is 1.63 bits per heavy atom. The molecule has 2 fully saturated rings. The minimum atomic E-state index is 0.0899. The number of carbonyl (C=O) groups is 1. The van der Waals surface area contributed by atoms with Crippen LogP contribution in [0.3, 0.4) is 0 Å². The summed E-state index contributed by atoms with van der Waals surface area (Å²) in [5.74, 6) is 6.77. The van der Waals surface area contributed by atoms with E-state index in [1.54, 1.807) is 6.20 Å². The summed E-state index contributed by atoms with van der Waals surface area (Å²) in [6.07, 6.45) is 4.08. The van der Waals surface area contributed by atoms with Crippen LogP contribution < -0.4 is 0 Å². The number of benzene rings is 2. The van der Waals surface area contributed by atoms with E-state index in [9.17, 15) is 9.90 Å². The van der Waals surface area contributed by atoms with E-state index in [1.807, 2.05) is 53.4 Å². The number of carbonyl (C=O) groups excluding carboxylic acids is 1. The molecule has 0 unspecified atom stereocenters. The van der Waals surface area contributed by atoms with Crippen molar-refractivity contribution in [2.45, 2.75) is 37.3 Å². The second-order valence-electron chi connectivity index (χ2n) is 9.36. The minimum absolute atomic E-state index is 0.0899. The summed E-state index contributed by atoms with van der Waals surface area (Å²) in [5.41, 5.74) is 3.98. The maximum atomic E-state index is 13.1. The largest absolute Gasteiger partial charge is 0.395 e. The molecule has 1 N–H and O–H groups in total. The van der Waals surface area contributed by atoms with Gasteiger partial charge < -0.3 is 10.0 Å². The molecule has 5 heteroatoms. The van der Waals surface area contributed by atoms with Crippen LogP contribution in [0.4, 0.5) is 0 Å². The van der Waals surface area contributed by atoms with Gasteiger partial charge in [0, 0.05) is 54.1 Å². The number of amides is 1. The summed E-state index contributed by atoms with van der Waals surface area (Å²) in [6, 6.07) is 24.4. The van der Waals surface area contributed by atoms with Crippen molar-refractivity contribution in [3.05, 3.63) is 101 Å². The Morgan fingerprint density at radius 1 is 0.914 bits per heavy atom. The zero-order valence-corrected chi connectivity index (χ0v) is 19.9. The van der Waals surface area contributed by atoms with Gasteiger partial charge in [-0.25, -0.2) is 0 Å². The Balaban J connectivity index is 1.32. The van der Waals surface area contributed by atoms with Gasteiger partial charge in [0.2, 0.25) is 5.91 Å². The van der Waals surface area contributed by atoms with Gasteiger partial charge in [0.15, 0.2) is 0 Å². The van der Waals surface area contributed by atoms with E-state index in [0.29, 0.717) is 13.0 Å². The van der Waals surface area contributed by atoms with Gasteiger partial charge in [-0.05, 0) is 61.3 Å². The average Bonchev–Trinajstić information content (AvgIpc) is 2.88. The second-order valence-corrected chi connectivity index (χ2v) is 9.36. The van der Waals surface area contributed by atoms with Crippen molar-refractivity contribution < 1.29 is 9.90 Å². The Bertz CT molecular complexity index is 1190. The van der Waals surface area contributed by atoms with Gasteiger partial charge in [0.1, 0.15) is 0 Å². The fourth-order valence-electron chi connectivity index (χ4n) is 5.39. The molecule has 3 atom stereocenters. The molecule has 2 saturated heterocycles. The molecule has 5 nitrogen and oxygen atoms in total. The molecule has 0 bridgehead atoms. The SMILES string of the molecule is O=C(Cc1ccccn1)N1CCCCN2[C@H](C1)[C@@H](c1ccc(C#Cc3ccccc3)cc1)[C@@H]2CO. The van der Waals surface area contributed by atoms with Crippen LogP contribution in [0.15, 0.2) is 79.0 Å². The Kier molecular flexibility index (Phi) is 7.23. The van der Waals surface area contributed by atoms with Crippen molar-refractivity contribution in [3.8, 4) is 11.8 Å². The molecule has 2 aliphatic heterocycles. The maximum Gasteiger partial charge on any atom is 0.228 e. The van der Waals surface area contributed by atoms with Crippen molar-refractivity contribution in [2.75, 3.05) is 26.2 Å². The Hall–Kier alpha value is -3.46. The zero-order valence-electron chi connectivity index (χ0n) is 19.9. The Morgan fingerprint density at radius 3 is 2.34 bits per heavy atom. The first-order valence-corrected chi connectivity index (χ1v) is 12.4. The van der Waals surface area contributed by atoms with E-state index < -0.39 is 0 Å². The summed E-state index contributed by atoms with van der Waals surface area (Å²) in [6.45, 7) is 2.55. The molecule has 35 heavy (non-hydrogen) atoms. The molecule has 2 aromatic carbocycles. The number of pyridine rings is 1. The first-order valence-electron chi connectivity index (χ1n) is 12.4. The number of fused-ring (bicyclic) bond motifs is 1. The summed E-state index contributed by atoms with van der Waals surface area (Å²) in [7, 11) is 0. The maximum absolute atomic E-state index is 13.1. The number of aromatic nitrogens is 1. The van der Waals surface area contributed by atoms with Crippen molar-refractivity contribution in [2.24, 2.45) is 0 Å². The van der Waals surface area contributed by atoms with Crippen LogP contribution >= 0.6 is 0 Å². The zero-order chi connectivity index (χ0) is 24.0. The van der Waals surface area contributed by atoms with Gasteiger partial charge in [-0.3, -0.25) is 14.7 Å². The van der Waals surface area contributed by atoms with Crippen molar-refractivity contribution in [1.82, 2.24) is 14.8 Å². The van der Waals surface area contributed by atoms with Crippen LogP contribution in [0.25, 0.3) is 0 Å². The standard InChI is InChI=1S/C30H31N3O2/c34-22-28-30(25-15-13-24(14-16-25)12-11-23-8-2-1-3-9-23)27-21-32(18-6-7-19-33(27)28)29(35)20-26-10-4-5-17-31-26/h1-5,8-10,13-17,27-28,30,34H,6-7,18-22H2/t27-,28+,30-/m1/s1. The fraction of sp³-hybridized carbons (Fsp3) is 0.333. The quantitative estimate of drug-likeness (QED) is 0.600. The molecule has 3 aromatic rings. The van der Waals surface area contributed by atoms with E-state index in [4.69, 9.17) is 0 Å². The van der Waals surface area contributed by atoms with Gasteiger partial charge in [0.25, 0.3) is 0 Å². The van der Waals surface area contributed by atoms with E-state index in [0.717, 1.165) is 42.8 Å². The number of rotatable bonds is 4. The third-order valence-electron chi connectivity index (χ3n) is 7.20. The summed E-state index contributed by atoms with van der Waals surface area (Å²) in [5, 5.41) is 10.2. The summed E-state index contributed by atoms with van der Waals surface area (Å²) >= 11 is 0. The highest BCUT2D eigenvalue weighted by Crippen LogP contribution is 2.42. The summed E-state index contributed by atoms with van der Waals surface area (Å²) in [4.78, 5) is 21.9. The molecular weight excluding hydrogens is 434 g/mol. The lowest BCUT2D eigenvalue weighted by molar-refractivity contribution is -0.135. The van der Waals surface area contributed by atoms with Gasteiger partial charge >= 0.3 is 0 Å². The highest BCUT2D eigenvalue weighted by atomic mass is 16.3. The molecule has 2 aliphatic rings. The van der Waals surface area contributed by atoms with Crippen LogP contribution in [0.5, 0.6) is 0 Å². The highest BCUT2D eigenvalue weighted by molar-refractivity contribution is 5.78. The third-order valence-corrected chi connectivity index (χ3v) is 7.20. The van der Waals surface area contributed by atoms with Crippen molar-refractivity contribution >= 4 is 5.91 Å². The van der Waals surface area contributed by atoms with Crippen LogP contribution in [0.1, 0.15) is 41.1 Å². The Labute approximate surface area is 207 Å². The molecule has 1 aromatic heterocycles. The van der Waals surface area contributed by atoms with Crippen LogP contribution in [-0.2, 0) is 11.2 Å². The van der Waals surface area contributed by atoms with Crippen LogP contribution in [-0.4, -0.2) is 64.1 Å². The minimum Gasteiger partial charge on any atom is -0.395 e. The molecular formula is C30H31N3O2. The fourth-order valence-corrected chi connectivity index (χ4v) is 5.39. The van der Waals surface area contributed by atoms with Crippen LogP contribution in [0.2, 0.25) is 0 Å². The molecule has 0 aliphatic carbocycles. The molecule has 178 valence electrons. The predicted octanol–water partition coefficient (Wildman–Crippen LogP) is 3.48. The molecule has 0 saturated carbocycles. The van der Waals surface area contributed by atoms with Gasteiger partial charge in [-0.15, -0.1) is 0 Å². The molecule has 0 radical (unpaired) electrons. The lowest BCUT2D eigenvalue weighted by atomic mass is 9.74. The normalized spacial score (nSPS) is 22.1. The van der Waals surface area contributed by atoms with Gasteiger partial charge in [0.05, 0.1) is 13.0 Å². The van der Waals surface area contributed by atoms with E-state index in [2.05, 4.69) is 46.0 Å². The third kappa shape index (κ3) is 5.30. The number of hydrogen-bond acceptors (Lipinski definition) is 4. The lowest BCUT2D eigenvalue weighted by Crippen LogP contribution is -2.68.